The maximum Gasteiger partial charge on any atom is 0.00290 e. The monoisotopic (exact) mass is 418 g/mol. The maximum atomic E-state index is 2.46. The van der Waals surface area contributed by atoms with E-state index in [1.54, 1.807) is 0 Å². The fourth-order valence-electron chi connectivity index (χ4n) is 4.38. The van der Waals surface area contributed by atoms with Crippen LogP contribution in [0.1, 0.15) is 12.8 Å². The molecule has 0 spiro atoms. The molecule has 5 rings (SSSR count). The van der Waals surface area contributed by atoms with Gasteiger partial charge in [-0.15, -0.1) is 10.0 Å². The lowest BCUT2D eigenvalue weighted by Crippen LogP contribution is -2.07. The summed E-state index contributed by atoms with van der Waals surface area (Å²) in [5.41, 5.74) is 2.52. The van der Waals surface area contributed by atoms with Gasteiger partial charge in [0.15, 0.2) is 0 Å². The number of benzene rings is 4. The van der Waals surface area contributed by atoms with E-state index in [4.69, 9.17) is 0 Å². The van der Waals surface area contributed by atoms with Crippen molar-refractivity contribution in [1.29, 1.82) is 0 Å². The van der Waals surface area contributed by atoms with Crippen LogP contribution in [0.15, 0.2) is 153 Å². The zero-order valence-electron chi connectivity index (χ0n) is 17.5. The quantitative estimate of drug-likeness (QED) is 0.303. The second kappa shape index (κ2) is 8.83. The Kier molecular flexibility index (Phi) is 5.60. The topological polar surface area (TPSA) is 0 Å². The summed E-state index contributed by atoms with van der Waals surface area (Å²) < 4.78 is 0. The molecule has 1 aliphatic carbocycles. The minimum Gasteiger partial charge on any atom is -0.133 e. The van der Waals surface area contributed by atoms with E-state index in [1.807, 2.05) is 0 Å². The zero-order valence-corrected chi connectivity index (χ0v) is 18.3. The highest BCUT2D eigenvalue weighted by Gasteiger charge is 2.34. The van der Waals surface area contributed by atoms with Crippen molar-refractivity contribution in [3.05, 3.63) is 138 Å². The van der Waals surface area contributed by atoms with Gasteiger partial charge < -0.3 is 0 Å². The van der Waals surface area contributed by atoms with Crippen LogP contribution in [0.2, 0.25) is 0 Å². The van der Waals surface area contributed by atoms with Crippen molar-refractivity contribution < 1.29 is 0 Å². The molecule has 0 saturated carbocycles. The molecule has 0 aromatic heterocycles. The normalized spacial score (nSPS) is 14.1. The van der Waals surface area contributed by atoms with E-state index in [1.165, 1.54) is 30.7 Å². The first-order valence-electron chi connectivity index (χ1n) is 10.8. The third kappa shape index (κ3) is 3.66. The van der Waals surface area contributed by atoms with E-state index in [-0.39, 0.29) is 0 Å². The molecule has 0 aliphatic heterocycles. The molecule has 0 atom stereocenters. The number of hydrogen-bond donors (Lipinski definition) is 0. The molecule has 0 saturated heterocycles. The van der Waals surface area contributed by atoms with Gasteiger partial charge in [0.25, 0.3) is 0 Å². The lowest BCUT2D eigenvalue weighted by Gasteiger charge is -2.43. The van der Waals surface area contributed by atoms with Crippen LogP contribution < -0.4 is 0 Å². The van der Waals surface area contributed by atoms with E-state index in [0.717, 1.165) is 12.8 Å². The first-order valence-corrected chi connectivity index (χ1v) is 12.5. The Labute approximate surface area is 186 Å². The average molecular weight is 419 g/mol. The molecule has 0 unspecified atom stereocenters. The molecule has 0 nitrogen and oxygen atoms in total. The number of hydrogen-bond acceptors (Lipinski definition) is 0. The van der Waals surface area contributed by atoms with Gasteiger partial charge in [-0.1, -0.05) is 97.1 Å². The molecule has 31 heavy (non-hydrogen) atoms. The van der Waals surface area contributed by atoms with Crippen molar-refractivity contribution in [2.45, 2.75) is 27.5 Å². The van der Waals surface area contributed by atoms with Crippen LogP contribution in [-0.4, -0.2) is 0 Å². The van der Waals surface area contributed by atoms with Crippen LogP contribution in [0.3, 0.4) is 0 Å². The second-order valence-electron chi connectivity index (χ2n) is 7.72. The second-order valence-corrected chi connectivity index (χ2v) is 10.8. The summed E-state index contributed by atoms with van der Waals surface area (Å²) in [5, 5.41) is 0. The third-order valence-corrected chi connectivity index (χ3v) is 9.73. The molecule has 0 heterocycles. The fourth-order valence-corrected chi connectivity index (χ4v) is 8.40. The standard InChI is InChI=1S/C30H26S/c1-5-14-25(15-6-1)26-16-13-23-30(24-26)31(27-17-7-2-8-18-27,28-19-9-3-10-20-28)29-21-11-4-12-22-29/h1-3,5-11,13-24H,4,12H2. The van der Waals surface area contributed by atoms with Gasteiger partial charge in [-0.05, 0) is 65.3 Å². The van der Waals surface area contributed by atoms with E-state index in [2.05, 4.69) is 133 Å². The summed E-state index contributed by atoms with van der Waals surface area (Å²) in [4.78, 5) is 5.57. The lowest BCUT2D eigenvalue weighted by molar-refractivity contribution is 1.03. The Morgan fingerprint density at radius 1 is 0.484 bits per heavy atom. The highest BCUT2D eigenvalue weighted by Crippen LogP contribution is 2.74. The minimum absolute atomic E-state index is 1.10. The fraction of sp³-hybridized carbons (Fsp3) is 0.0667. The smallest absolute Gasteiger partial charge is 0.00290 e. The van der Waals surface area contributed by atoms with Crippen molar-refractivity contribution >= 4 is 10.0 Å². The molecule has 4 aromatic carbocycles. The Morgan fingerprint density at radius 3 is 1.61 bits per heavy atom. The molecule has 1 aliphatic rings. The Bertz CT molecular complexity index is 1170. The van der Waals surface area contributed by atoms with Gasteiger partial charge in [0.05, 0.1) is 0 Å². The van der Waals surface area contributed by atoms with Gasteiger partial charge in [-0.2, -0.15) is 0 Å². The summed E-state index contributed by atoms with van der Waals surface area (Å²) in [6.07, 6.45) is 9.38. The van der Waals surface area contributed by atoms with Crippen molar-refractivity contribution in [1.82, 2.24) is 0 Å². The Hall–Kier alpha value is -3.29. The van der Waals surface area contributed by atoms with Gasteiger partial charge in [0.1, 0.15) is 0 Å². The number of rotatable bonds is 5. The van der Waals surface area contributed by atoms with Crippen LogP contribution in [0.4, 0.5) is 0 Å². The highest BCUT2D eigenvalue weighted by atomic mass is 32.3. The maximum absolute atomic E-state index is 2.46. The molecule has 4 aromatic rings. The minimum atomic E-state index is -1.59. The van der Waals surface area contributed by atoms with Crippen LogP contribution in [-0.2, 0) is 0 Å². The van der Waals surface area contributed by atoms with Gasteiger partial charge in [-0.3, -0.25) is 0 Å². The first-order chi connectivity index (χ1) is 15.4. The molecule has 0 fully saturated rings. The molecule has 1 heteroatoms. The number of allylic oxidation sites excluding steroid dienone is 3. The van der Waals surface area contributed by atoms with Crippen molar-refractivity contribution in [3.8, 4) is 11.1 Å². The summed E-state index contributed by atoms with van der Waals surface area (Å²) >= 11 is 0. The van der Waals surface area contributed by atoms with Crippen LogP contribution >= 0.6 is 10.0 Å². The van der Waals surface area contributed by atoms with E-state index >= 15 is 0 Å². The van der Waals surface area contributed by atoms with Crippen molar-refractivity contribution in [3.63, 3.8) is 0 Å². The van der Waals surface area contributed by atoms with E-state index in [9.17, 15) is 0 Å². The largest absolute Gasteiger partial charge is 0.133 e. The average Bonchev–Trinajstić information content (AvgIpc) is 2.87. The first kappa shape index (κ1) is 19.7. The van der Waals surface area contributed by atoms with Crippen LogP contribution in [0.25, 0.3) is 11.1 Å². The highest BCUT2D eigenvalue weighted by molar-refractivity contribution is 8.37. The summed E-state index contributed by atoms with van der Waals surface area (Å²) in [7, 11) is -1.59. The molecular weight excluding hydrogens is 392 g/mol. The SMILES string of the molecule is C1=CC(S(c2ccccc2)(c2ccccc2)c2cccc(-c3ccccc3)c2)=CCC1. The Morgan fingerprint density at radius 2 is 1.03 bits per heavy atom. The van der Waals surface area contributed by atoms with Gasteiger partial charge in [0, 0.05) is 14.7 Å². The molecule has 0 radical (unpaired) electrons. The summed E-state index contributed by atoms with van der Waals surface area (Å²) in [6, 6.07) is 42.0. The van der Waals surface area contributed by atoms with Gasteiger partial charge in [0.2, 0.25) is 0 Å². The lowest BCUT2D eigenvalue weighted by atomic mass is 10.1. The third-order valence-electron chi connectivity index (χ3n) is 5.80. The van der Waals surface area contributed by atoms with E-state index < -0.39 is 10.0 Å². The molecule has 152 valence electrons. The molecule has 0 bridgehead atoms. The van der Waals surface area contributed by atoms with E-state index in [0.29, 0.717) is 0 Å². The summed E-state index contributed by atoms with van der Waals surface area (Å²) in [5.74, 6) is 0. The van der Waals surface area contributed by atoms with Crippen LogP contribution in [0.5, 0.6) is 0 Å². The molecule has 0 amide bonds. The predicted octanol–water partition coefficient (Wildman–Crippen LogP) is 8.87. The van der Waals surface area contributed by atoms with Gasteiger partial charge >= 0.3 is 0 Å². The molecule has 0 N–H and O–H groups in total. The summed E-state index contributed by atoms with van der Waals surface area (Å²) in [6.45, 7) is 0. The van der Waals surface area contributed by atoms with Crippen molar-refractivity contribution in [2.24, 2.45) is 0 Å². The zero-order chi connectivity index (χ0) is 20.9. The van der Waals surface area contributed by atoms with Crippen molar-refractivity contribution in [2.75, 3.05) is 0 Å². The van der Waals surface area contributed by atoms with Gasteiger partial charge in [-0.25, -0.2) is 0 Å². The predicted molar refractivity (Wildman–Crippen MR) is 134 cm³/mol. The molecular formula is C30H26S. The Balaban J connectivity index is 1.83. The van der Waals surface area contributed by atoms with Crippen LogP contribution in [0, 0.1) is 0 Å².